The molecule has 2 heterocycles. The Hall–Kier alpha value is -1.65. The summed E-state index contributed by atoms with van der Waals surface area (Å²) in [5, 5.41) is 1.03. The number of carbonyl (C=O) groups is 1. The van der Waals surface area contributed by atoms with Crippen molar-refractivity contribution in [2.45, 2.75) is 18.9 Å². The molecule has 1 aromatic carbocycles. The number of piperidine rings is 1. The molecule has 21 heavy (non-hydrogen) atoms. The molecular formula is C17H23N3O. The van der Waals surface area contributed by atoms with Gasteiger partial charge in [0.2, 0.25) is 0 Å². The summed E-state index contributed by atoms with van der Waals surface area (Å²) in [5.74, 6) is 0.203. The molecule has 3 rings (SSSR count). The van der Waals surface area contributed by atoms with Crippen molar-refractivity contribution in [3.05, 3.63) is 36.0 Å². The zero-order chi connectivity index (χ0) is 14.8. The molecule has 0 radical (unpaired) electrons. The minimum atomic E-state index is 0.203. The van der Waals surface area contributed by atoms with E-state index >= 15 is 0 Å². The maximum Gasteiger partial charge on any atom is 0.178 e. The summed E-state index contributed by atoms with van der Waals surface area (Å²) in [6.07, 6.45) is 4.14. The molecule has 0 atom stereocenters. The monoisotopic (exact) mass is 285 g/mol. The third-order valence-electron chi connectivity index (χ3n) is 4.59. The van der Waals surface area contributed by atoms with Crippen molar-refractivity contribution in [2.24, 2.45) is 0 Å². The number of Topliss-reactive ketones (excluding diaryl/α,β-unsaturated/α-hetero) is 1. The van der Waals surface area contributed by atoms with Crippen LogP contribution in [-0.2, 0) is 0 Å². The van der Waals surface area contributed by atoms with Crippen LogP contribution in [0.3, 0.4) is 0 Å². The van der Waals surface area contributed by atoms with Crippen LogP contribution >= 0.6 is 0 Å². The summed E-state index contributed by atoms with van der Waals surface area (Å²) in [4.78, 5) is 20.3. The number of likely N-dealkylation sites (N-methyl/N-ethyl adjacent to an activating group) is 1. The van der Waals surface area contributed by atoms with Gasteiger partial charge in [-0.25, -0.2) is 0 Å². The standard InChI is InChI=1S/C17H23N3O/c1-19-9-7-13(8-10-19)20(2)12-17(21)15-11-18-16-6-4-3-5-14(15)16/h3-6,11,13,18H,7-10,12H2,1-2H3. The highest BCUT2D eigenvalue weighted by Crippen LogP contribution is 2.20. The van der Waals surface area contributed by atoms with E-state index < -0.39 is 0 Å². The Morgan fingerprint density at radius 1 is 1.33 bits per heavy atom. The van der Waals surface area contributed by atoms with Gasteiger partial charge in [-0.1, -0.05) is 18.2 Å². The number of hydrogen-bond donors (Lipinski definition) is 1. The number of rotatable bonds is 4. The van der Waals surface area contributed by atoms with Crippen LogP contribution in [0.5, 0.6) is 0 Å². The number of benzene rings is 1. The van der Waals surface area contributed by atoms with E-state index in [4.69, 9.17) is 0 Å². The number of hydrogen-bond acceptors (Lipinski definition) is 3. The number of carbonyl (C=O) groups excluding carboxylic acids is 1. The second kappa shape index (κ2) is 6.00. The first-order chi connectivity index (χ1) is 10.1. The Morgan fingerprint density at radius 2 is 2.05 bits per heavy atom. The number of nitrogens with zero attached hydrogens (tertiary/aromatic N) is 2. The van der Waals surface area contributed by atoms with E-state index in [9.17, 15) is 4.79 Å². The highest BCUT2D eigenvalue weighted by molar-refractivity contribution is 6.08. The summed E-state index contributed by atoms with van der Waals surface area (Å²) in [6, 6.07) is 8.50. The predicted molar refractivity (Wildman–Crippen MR) is 85.8 cm³/mol. The molecule has 2 aromatic rings. The van der Waals surface area contributed by atoms with Crippen LogP contribution in [-0.4, -0.2) is 60.3 Å². The van der Waals surface area contributed by atoms with Gasteiger partial charge in [0.05, 0.1) is 6.54 Å². The fraction of sp³-hybridized carbons (Fsp3) is 0.471. The third-order valence-corrected chi connectivity index (χ3v) is 4.59. The molecule has 1 aliphatic rings. The van der Waals surface area contributed by atoms with Gasteiger partial charge >= 0.3 is 0 Å². The summed E-state index contributed by atoms with van der Waals surface area (Å²) in [7, 11) is 4.23. The van der Waals surface area contributed by atoms with Crippen LogP contribution < -0.4 is 0 Å². The molecule has 0 saturated carbocycles. The largest absolute Gasteiger partial charge is 0.360 e. The number of H-pyrrole nitrogens is 1. The van der Waals surface area contributed by atoms with Gasteiger partial charge in [0.15, 0.2) is 5.78 Å². The number of nitrogens with one attached hydrogen (secondary N) is 1. The van der Waals surface area contributed by atoms with Gasteiger partial charge in [-0.3, -0.25) is 9.69 Å². The molecule has 0 spiro atoms. The first-order valence-corrected chi connectivity index (χ1v) is 7.63. The zero-order valence-corrected chi connectivity index (χ0v) is 12.8. The lowest BCUT2D eigenvalue weighted by molar-refractivity contribution is 0.0873. The number of para-hydroxylation sites is 1. The molecule has 4 nitrogen and oxygen atoms in total. The molecule has 4 heteroatoms. The van der Waals surface area contributed by atoms with E-state index in [1.165, 1.54) is 0 Å². The Morgan fingerprint density at radius 3 is 2.81 bits per heavy atom. The molecule has 0 amide bonds. The molecule has 1 saturated heterocycles. The summed E-state index contributed by atoms with van der Waals surface area (Å²) < 4.78 is 0. The maximum atomic E-state index is 12.6. The minimum Gasteiger partial charge on any atom is -0.360 e. The number of ketones is 1. The van der Waals surface area contributed by atoms with Crippen LogP contribution in [0.1, 0.15) is 23.2 Å². The second-order valence-electron chi connectivity index (χ2n) is 6.12. The van der Waals surface area contributed by atoms with Crippen molar-refractivity contribution in [1.82, 2.24) is 14.8 Å². The van der Waals surface area contributed by atoms with Crippen molar-refractivity contribution >= 4 is 16.7 Å². The minimum absolute atomic E-state index is 0.203. The lowest BCUT2D eigenvalue weighted by atomic mass is 10.0. The SMILES string of the molecule is CN1CCC(N(C)CC(=O)c2c[nH]c3ccccc23)CC1. The molecule has 0 unspecified atom stereocenters. The van der Waals surface area contributed by atoms with E-state index in [0.29, 0.717) is 12.6 Å². The van der Waals surface area contributed by atoms with E-state index in [-0.39, 0.29) is 5.78 Å². The number of fused-ring (bicyclic) bond motifs is 1. The zero-order valence-electron chi connectivity index (χ0n) is 12.8. The molecule has 0 bridgehead atoms. The Labute approximate surface area is 125 Å². The normalized spacial score (nSPS) is 17.7. The van der Waals surface area contributed by atoms with Crippen molar-refractivity contribution in [1.29, 1.82) is 0 Å². The van der Waals surface area contributed by atoms with E-state index in [1.54, 1.807) is 0 Å². The summed E-state index contributed by atoms with van der Waals surface area (Å²) >= 11 is 0. The quantitative estimate of drug-likeness (QED) is 0.877. The van der Waals surface area contributed by atoms with Crippen molar-refractivity contribution in [3.8, 4) is 0 Å². The third kappa shape index (κ3) is 3.01. The lowest BCUT2D eigenvalue weighted by Gasteiger charge is -2.34. The van der Waals surface area contributed by atoms with E-state index in [2.05, 4.69) is 28.9 Å². The van der Waals surface area contributed by atoms with Gasteiger partial charge in [0, 0.05) is 28.7 Å². The molecule has 1 N–H and O–H groups in total. The van der Waals surface area contributed by atoms with Crippen molar-refractivity contribution < 1.29 is 4.79 Å². The number of likely N-dealkylation sites (tertiary alicyclic amines) is 1. The summed E-state index contributed by atoms with van der Waals surface area (Å²) in [6.45, 7) is 2.74. The highest BCUT2D eigenvalue weighted by atomic mass is 16.1. The number of aromatic nitrogens is 1. The van der Waals surface area contributed by atoms with Gasteiger partial charge in [-0.2, -0.15) is 0 Å². The fourth-order valence-electron chi connectivity index (χ4n) is 3.18. The molecular weight excluding hydrogens is 262 g/mol. The van der Waals surface area contributed by atoms with Crippen LogP contribution in [0.25, 0.3) is 10.9 Å². The van der Waals surface area contributed by atoms with Crippen LogP contribution in [0, 0.1) is 0 Å². The predicted octanol–water partition coefficient (Wildman–Crippen LogP) is 2.38. The van der Waals surface area contributed by atoms with E-state index in [0.717, 1.165) is 42.4 Å². The maximum absolute atomic E-state index is 12.6. The Bertz CT molecular complexity index is 626. The summed E-state index contributed by atoms with van der Waals surface area (Å²) in [5.41, 5.74) is 1.84. The average Bonchev–Trinajstić information content (AvgIpc) is 2.92. The average molecular weight is 285 g/mol. The molecule has 1 aromatic heterocycles. The molecule has 1 aliphatic heterocycles. The second-order valence-corrected chi connectivity index (χ2v) is 6.12. The van der Waals surface area contributed by atoms with Gasteiger partial charge in [-0.15, -0.1) is 0 Å². The molecule has 0 aliphatic carbocycles. The van der Waals surface area contributed by atoms with Gasteiger partial charge in [0.25, 0.3) is 0 Å². The van der Waals surface area contributed by atoms with Crippen molar-refractivity contribution in [3.63, 3.8) is 0 Å². The topological polar surface area (TPSA) is 39.3 Å². The van der Waals surface area contributed by atoms with Crippen LogP contribution in [0.15, 0.2) is 30.5 Å². The first-order valence-electron chi connectivity index (χ1n) is 7.63. The van der Waals surface area contributed by atoms with Crippen molar-refractivity contribution in [2.75, 3.05) is 33.7 Å². The van der Waals surface area contributed by atoms with Crippen LogP contribution in [0.2, 0.25) is 0 Å². The Balaban J connectivity index is 1.68. The van der Waals surface area contributed by atoms with Gasteiger partial charge in [0.1, 0.15) is 0 Å². The lowest BCUT2D eigenvalue weighted by Crippen LogP contribution is -2.43. The first kappa shape index (κ1) is 14.3. The Kier molecular flexibility index (Phi) is 4.08. The highest BCUT2D eigenvalue weighted by Gasteiger charge is 2.23. The van der Waals surface area contributed by atoms with Gasteiger partial charge < -0.3 is 9.88 Å². The smallest absolute Gasteiger partial charge is 0.178 e. The molecule has 112 valence electrons. The van der Waals surface area contributed by atoms with Crippen LogP contribution in [0.4, 0.5) is 0 Å². The van der Waals surface area contributed by atoms with E-state index in [1.807, 2.05) is 30.5 Å². The number of aromatic amines is 1. The van der Waals surface area contributed by atoms with Gasteiger partial charge in [-0.05, 0) is 46.1 Å². The molecule has 1 fully saturated rings. The fourth-order valence-corrected chi connectivity index (χ4v) is 3.18.